The van der Waals surface area contributed by atoms with Crippen molar-refractivity contribution in [1.29, 1.82) is 0 Å². The van der Waals surface area contributed by atoms with Gasteiger partial charge in [-0.1, -0.05) is 28.1 Å². The number of benzene rings is 2. The maximum Gasteiger partial charge on any atom is 0.416 e. The highest BCUT2D eigenvalue weighted by atomic mass is 79.9. The molecule has 0 radical (unpaired) electrons. The predicted molar refractivity (Wildman–Crippen MR) is 115 cm³/mol. The number of anilines is 1. The first-order valence-electron chi connectivity index (χ1n) is 9.19. The third kappa shape index (κ3) is 4.49. The molecule has 10 heteroatoms. The van der Waals surface area contributed by atoms with Crippen molar-refractivity contribution < 1.29 is 18.3 Å². The normalized spacial score (nSPS) is 12.8. The van der Waals surface area contributed by atoms with Crippen molar-refractivity contribution in [2.75, 3.05) is 11.9 Å². The highest BCUT2D eigenvalue weighted by Crippen LogP contribution is 2.32. The van der Waals surface area contributed by atoms with E-state index < -0.39 is 23.4 Å². The van der Waals surface area contributed by atoms with Gasteiger partial charge >= 0.3 is 6.18 Å². The number of fused-ring (bicyclic) bond motifs is 1. The lowest BCUT2D eigenvalue weighted by Gasteiger charge is -2.15. The van der Waals surface area contributed by atoms with Gasteiger partial charge in [0.25, 0.3) is 5.56 Å². The van der Waals surface area contributed by atoms with E-state index in [1.54, 1.807) is 24.3 Å². The van der Waals surface area contributed by atoms with E-state index in [1.807, 2.05) is 6.07 Å². The SMILES string of the molecule is O=c1[nH]ccc(NCC(O)c2cccc(Br)c2)c1-c1nc2cc(C(F)(F)F)ccc2[nH]1. The molecule has 0 fully saturated rings. The second-order valence-electron chi connectivity index (χ2n) is 6.86. The zero-order valence-corrected chi connectivity index (χ0v) is 17.4. The molecule has 4 rings (SSSR count). The monoisotopic (exact) mass is 492 g/mol. The summed E-state index contributed by atoms with van der Waals surface area (Å²) in [4.78, 5) is 22.1. The minimum atomic E-state index is -4.49. The minimum absolute atomic E-state index is 0.0909. The van der Waals surface area contributed by atoms with Gasteiger partial charge < -0.3 is 20.4 Å². The number of aliphatic hydroxyl groups is 1. The summed E-state index contributed by atoms with van der Waals surface area (Å²) in [5, 5.41) is 13.5. The molecule has 2 aromatic heterocycles. The summed E-state index contributed by atoms with van der Waals surface area (Å²) in [5.74, 6) is 0.121. The van der Waals surface area contributed by atoms with Crippen LogP contribution in [0.15, 0.2) is 64.0 Å². The summed E-state index contributed by atoms with van der Waals surface area (Å²) in [6.07, 6.45) is -3.91. The molecular weight excluding hydrogens is 477 g/mol. The molecule has 1 unspecified atom stereocenters. The molecule has 0 aliphatic rings. The quantitative estimate of drug-likeness (QED) is 0.320. The Morgan fingerprint density at radius 1 is 1.16 bits per heavy atom. The van der Waals surface area contributed by atoms with Crippen LogP contribution in [0.1, 0.15) is 17.2 Å². The van der Waals surface area contributed by atoms with Gasteiger partial charge in [0.05, 0.1) is 28.4 Å². The lowest BCUT2D eigenvalue weighted by atomic mass is 10.1. The number of aromatic amines is 2. The van der Waals surface area contributed by atoms with Gasteiger partial charge in [-0.3, -0.25) is 4.79 Å². The smallest absolute Gasteiger partial charge is 0.387 e. The number of imidazole rings is 1. The average molecular weight is 493 g/mol. The van der Waals surface area contributed by atoms with E-state index in [9.17, 15) is 23.1 Å². The van der Waals surface area contributed by atoms with Crippen LogP contribution in [-0.2, 0) is 6.18 Å². The van der Waals surface area contributed by atoms with Crippen molar-refractivity contribution in [3.63, 3.8) is 0 Å². The Kier molecular flexibility index (Phi) is 5.59. The summed E-state index contributed by atoms with van der Waals surface area (Å²) in [6.45, 7) is 0.103. The summed E-state index contributed by atoms with van der Waals surface area (Å²) >= 11 is 3.35. The van der Waals surface area contributed by atoms with Gasteiger partial charge in [0, 0.05) is 17.2 Å². The highest BCUT2D eigenvalue weighted by Gasteiger charge is 2.31. The summed E-state index contributed by atoms with van der Waals surface area (Å²) in [5.41, 5.74) is 0.352. The zero-order valence-electron chi connectivity index (χ0n) is 15.8. The number of hydrogen-bond donors (Lipinski definition) is 4. The van der Waals surface area contributed by atoms with Crippen LogP contribution in [0.4, 0.5) is 18.9 Å². The first kappa shape index (κ1) is 21.1. The zero-order chi connectivity index (χ0) is 22.2. The first-order valence-corrected chi connectivity index (χ1v) is 9.98. The number of H-pyrrole nitrogens is 2. The molecule has 0 saturated heterocycles. The molecule has 0 aliphatic heterocycles. The number of nitrogens with one attached hydrogen (secondary N) is 3. The van der Waals surface area contributed by atoms with Crippen molar-refractivity contribution in [2.45, 2.75) is 12.3 Å². The Morgan fingerprint density at radius 3 is 2.71 bits per heavy atom. The number of alkyl halides is 3. The molecule has 4 aromatic rings. The van der Waals surface area contributed by atoms with Crippen LogP contribution >= 0.6 is 15.9 Å². The Labute approximate surface area is 182 Å². The van der Waals surface area contributed by atoms with E-state index in [0.29, 0.717) is 16.8 Å². The maximum absolute atomic E-state index is 13.0. The molecule has 0 saturated carbocycles. The number of pyridine rings is 1. The van der Waals surface area contributed by atoms with Gasteiger partial charge in [-0.2, -0.15) is 13.2 Å². The first-order chi connectivity index (χ1) is 14.7. The Bertz CT molecular complexity index is 1300. The molecule has 160 valence electrons. The topological polar surface area (TPSA) is 93.8 Å². The van der Waals surface area contributed by atoms with Crippen LogP contribution in [0.25, 0.3) is 22.4 Å². The van der Waals surface area contributed by atoms with Crippen LogP contribution in [-0.4, -0.2) is 26.6 Å². The molecule has 0 spiro atoms. The molecule has 0 aliphatic carbocycles. The van der Waals surface area contributed by atoms with E-state index in [1.165, 1.54) is 12.3 Å². The van der Waals surface area contributed by atoms with E-state index in [4.69, 9.17) is 0 Å². The second kappa shape index (κ2) is 8.20. The largest absolute Gasteiger partial charge is 0.416 e. The third-order valence-corrected chi connectivity index (χ3v) is 5.22. The minimum Gasteiger partial charge on any atom is -0.387 e. The van der Waals surface area contributed by atoms with E-state index in [0.717, 1.165) is 16.6 Å². The highest BCUT2D eigenvalue weighted by molar-refractivity contribution is 9.10. The molecule has 1 atom stereocenters. The van der Waals surface area contributed by atoms with Crippen LogP contribution in [0.5, 0.6) is 0 Å². The Hall–Kier alpha value is -3.11. The number of aromatic nitrogens is 3. The maximum atomic E-state index is 13.0. The second-order valence-corrected chi connectivity index (χ2v) is 7.78. The van der Waals surface area contributed by atoms with Crippen LogP contribution in [0, 0.1) is 0 Å². The van der Waals surface area contributed by atoms with E-state index in [2.05, 4.69) is 36.2 Å². The van der Waals surface area contributed by atoms with E-state index >= 15 is 0 Å². The van der Waals surface area contributed by atoms with Crippen molar-refractivity contribution in [2.24, 2.45) is 0 Å². The number of hydrogen-bond acceptors (Lipinski definition) is 4. The molecular formula is C21H16BrF3N4O2. The summed E-state index contributed by atoms with van der Waals surface area (Å²) < 4.78 is 39.8. The molecule has 4 N–H and O–H groups in total. The van der Waals surface area contributed by atoms with Crippen molar-refractivity contribution in [3.05, 3.63) is 80.7 Å². The third-order valence-electron chi connectivity index (χ3n) is 4.73. The fourth-order valence-corrected chi connectivity index (χ4v) is 3.62. The van der Waals surface area contributed by atoms with Gasteiger partial charge in [0.1, 0.15) is 11.4 Å². The fourth-order valence-electron chi connectivity index (χ4n) is 3.20. The summed E-state index contributed by atoms with van der Waals surface area (Å²) in [6, 6.07) is 11.9. The number of halogens is 4. The molecule has 0 amide bonds. The lowest BCUT2D eigenvalue weighted by Crippen LogP contribution is -2.17. The van der Waals surface area contributed by atoms with Crippen molar-refractivity contribution in [1.82, 2.24) is 15.0 Å². The van der Waals surface area contributed by atoms with Gasteiger partial charge in [-0.05, 0) is 42.0 Å². The Balaban J connectivity index is 1.66. The standard InChI is InChI=1S/C21H16BrF3N4O2/c22-13-3-1-2-11(8-13)17(30)10-27-15-6-7-26-20(31)18(15)19-28-14-5-4-12(21(23,24)25)9-16(14)29-19/h1-9,17,30H,10H2,(H,28,29)(H2,26,27,31). The molecule has 2 aromatic carbocycles. The van der Waals surface area contributed by atoms with Gasteiger partial charge in [0.2, 0.25) is 0 Å². The summed E-state index contributed by atoms with van der Waals surface area (Å²) in [7, 11) is 0. The number of rotatable bonds is 5. The van der Waals surface area contributed by atoms with Gasteiger partial charge in [0.15, 0.2) is 0 Å². The molecule has 6 nitrogen and oxygen atoms in total. The van der Waals surface area contributed by atoms with Crippen LogP contribution in [0.3, 0.4) is 0 Å². The van der Waals surface area contributed by atoms with Crippen molar-refractivity contribution >= 4 is 32.7 Å². The number of aliphatic hydroxyl groups excluding tert-OH is 1. The van der Waals surface area contributed by atoms with E-state index in [-0.39, 0.29) is 23.4 Å². The molecule has 2 heterocycles. The molecule has 0 bridgehead atoms. The number of nitrogens with zero attached hydrogens (tertiary/aromatic N) is 1. The fraction of sp³-hybridized carbons (Fsp3) is 0.143. The van der Waals surface area contributed by atoms with Crippen LogP contribution in [0.2, 0.25) is 0 Å². The van der Waals surface area contributed by atoms with Gasteiger partial charge in [-0.15, -0.1) is 0 Å². The predicted octanol–water partition coefficient (Wildman–Crippen LogP) is 4.85. The van der Waals surface area contributed by atoms with Gasteiger partial charge in [-0.25, -0.2) is 4.98 Å². The lowest BCUT2D eigenvalue weighted by molar-refractivity contribution is -0.137. The average Bonchev–Trinajstić information content (AvgIpc) is 3.14. The van der Waals surface area contributed by atoms with Crippen molar-refractivity contribution in [3.8, 4) is 11.4 Å². The van der Waals surface area contributed by atoms with Crippen LogP contribution < -0.4 is 10.9 Å². The molecule has 31 heavy (non-hydrogen) atoms. The Morgan fingerprint density at radius 2 is 1.97 bits per heavy atom.